The van der Waals surface area contributed by atoms with Crippen LogP contribution in [-0.2, 0) is 23.6 Å². The summed E-state index contributed by atoms with van der Waals surface area (Å²) in [5.74, 6) is -0.741. The summed E-state index contributed by atoms with van der Waals surface area (Å²) in [6.45, 7) is 5.06. The summed E-state index contributed by atoms with van der Waals surface area (Å²) in [5.41, 5.74) is 1.23. The molecule has 1 aliphatic rings. The van der Waals surface area contributed by atoms with Crippen molar-refractivity contribution in [1.82, 2.24) is 14.5 Å². The van der Waals surface area contributed by atoms with Crippen molar-refractivity contribution < 1.29 is 14.6 Å². The minimum absolute atomic E-state index is 0.0121. The number of carbonyl (C=O) groups is 1. The van der Waals surface area contributed by atoms with Gasteiger partial charge in [0.05, 0.1) is 17.5 Å². The van der Waals surface area contributed by atoms with Gasteiger partial charge in [-0.15, -0.1) is 0 Å². The number of thioether (sulfide) groups is 1. The van der Waals surface area contributed by atoms with Gasteiger partial charge in [-0.1, -0.05) is 17.8 Å². The molecule has 10 heteroatoms. The maximum Gasteiger partial charge on any atom is 0.333 e. The van der Waals surface area contributed by atoms with E-state index in [1.807, 2.05) is 26.0 Å². The molecule has 0 radical (unpaired) electrons. The molecule has 0 saturated carbocycles. The van der Waals surface area contributed by atoms with Crippen LogP contribution in [0.5, 0.6) is 5.88 Å². The minimum Gasteiger partial charge on any atom is -0.494 e. The van der Waals surface area contributed by atoms with E-state index in [1.165, 1.54) is 14.1 Å². The fraction of sp³-hybridized carbons (Fsp3) is 0.455. The van der Waals surface area contributed by atoms with E-state index in [4.69, 9.17) is 4.74 Å². The van der Waals surface area contributed by atoms with Gasteiger partial charge < -0.3 is 15.2 Å². The van der Waals surface area contributed by atoms with Crippen molar-refractivity contribution in [1.29, 1.82) is 0 Å². The third-order valence-electron chi connectivity index (χ3n) is 5.46. The summed E-state index contributed by atoms with van der Waals surface area (Å²) in [4.78, 5) is 41.9. The molecule has 9 nitrogen and oxygen atoms in total. The third-order valence-corrected chi connectivity index (χ3v) is 6.43. The number of rotatable bonds is 6. The fourth-order valence-corrected chi connectivity index (χ4v) is 4.17. The normalized spacial score (nSPS) is 16.4. The maximum absolute atomic E-state index is 12.8. The Hall–Kier alpha value is -2.85. The first-order chi connectivity index (χ1) is 15.2. The molecule has 172 valence electrons. The van der Waals surface area contributed by atoms with E-state index in [2.05, 4.69) is 10.3 Å². The Balaban J connectivity index is 1.93. The van der Waals surface area contributed by atoms with Crippen LogP contribution in [0.15, 0.2) is 32.8 Å². The zero-order valence-electron chi connectivity index (χ0n) is 18.7. The number of carbonyl (C=O) groups excluding carboxylic acids is 1. The van der Waals surface area contributed by atoms with Gasteiger partial charge >= 0.3 is 5.69 Å². The van der Waals surface area contributed by atoms with Gasteiger partial charge in [-0.25, -0.2) is 9.79 Å². The van der Waals surface area contributed by atoms with Crippen LogP contribution in [0.4, 0.5) is 5.69 Å². The number of aromatic hydroxyl groups is 1. The van der Waals surface area contributed by atoms with E-state index < -0.39 is 17.1 Å². The molecule has 1 aromatic heterocycles. The van der Waals surface area contributed by atoms with Crippen LogP contribution in [-0.4, -0.2) is 50.2 Å². The molecular formula is C22H28N4O5S. The second kappa shape index (κ2) is 10.2. The lowest BCUT2D eigenvalue weighted by Crippen LogP contribution is -2.40. The van der Waals surface area contributed by atoms with Gasteiger partial charge in [0, 0.05) is 27.2 Å². The average molecular weight is 461 g/mol. The molecule has 1 atom stereocenters. The molecule has 2 aromatic rings. The molecule has 2 N–H and O–H groups in total. The van der Waals surface area contributed by atoms with Gasteiger partial charge in [0.15, 0.2) is 0 Å². The number of nitrogens with zero attached hydrogens (tertiary/aromatic N) is 3. The quantitative estimate of drug-likeness (QED) is 0.499. The Bertz CT molecular complexity index is 1160. The topological polar surface area (TPSA) is 115 Å². The molecule has 1 saturated heterocycles. The van der Waals surface area contributed by atoms with E-state index in [0.717, 1.165) is 44.9 Å². The van der Waals surface area contributed by atoms with Crippen molar-refractivity contribution in [3.05, 3.63) is 55.7 Å². The number of aryl methyl sites for hydroxylation is 2. The van der Waals surface area contributed by atoms with Crippen LogP contribution in [0.2, 0.25) is 0 Å². The van der Waals surface area contributed by atoms with Gasteiger partial charge in [0.25, 0.3) is 5.56 Å². The van der Waals surface area contributed by atoms with Crippen molar-refractivity contribution in [3.8, 4) is 5.88 Å². The first-order valence-electron chi connectivity index (χ1n) is 10.4. The van der Waals surface area contributed by atoms with E-state index in [0.29, 0.717) is 18.8 Å². The molecule has 32 heavy (non-hydrogen) atoms. The number of nitrogens with one attached hydrogen (secondary N) is 1. The molecular weight excluding hydrogens is 432 g/mol. The number of amides is 1. The largest absolute Gasteiger partial charge is 0.494 e. The van der Waals surface area contributed by atoms with Gasteiger partial charge in [0.2, 0.25) is 11.8 Å². The van der Waals surface area contributed by atoms with E-state index in [-0.39, 0.29) is 28.4 Å². The standard InChI is InChI=1S/C22H28N4O5S/c1-13-7-8-15(10-14(13)2)24-19(18-20(28)25(3)22(30)26(4)21(18)29)32-12-17(27)23-11-16-6-5-9-31-16/h7-8,10,16,28H,5-6,9,11-12H2,1-4H3,(H,23,27)/t16-/m0/s1. The highest BCUT2D eigenvalue weighted by atomic mass is 32.2. The minimum atomic E-state index is -0.680. The molecule has 1 aliphatic heterocycles. The molecule has 1 amide bonds. The van der Waals surface area contributed by atoms with Crippen molar-refractivity contribution in [3.63, 3.8) is 0 Å². The summed E-state index contributed by atoms with van der Waals surface area (Å²) in [5, 5.41) is 13.6. The highest BCUT2D eigenvalue weighted by Gasteiger charge is 2.22. The molecule has 3 rings (SSSR count). The summed E-state index contributed by atoms with van der Waals surface area (Å²) in [6, 6.07) is 5.56. The van der Waals surface area contributed by atoms with Crippen LogP contribution in [0.1, 0.15) is 29.5 Å². The van der Waals surface area contributed by atoms with Crippen LogP contribution in [0, 0.1) is 13.8 Å². The Morgan fingerprint density at radius 1 is 1.25 bits per heavy atom. The molecule has 0 spiro atoms. The second-order valence-corrected chi connectivity index (χ2v) is 8.78. The SMILES string of the molecule is Cc1ccc(N=C(SCC(=O)NC[C@@H]2CCCO2)c2c(O)n(C)c(=O)n(C)c2=O)cc1C. The monoisotopic (exact) mass is 460 g/mol. The third kappa shape index (κ3) is 5.31. The number of ether oxygens (including phenoxy) is 1. The summed E-state index contributed by atoms with van der Waals surface area (Å²) < 4.78 is 7.40. The number of hydrogen-bond acceptors (Lipinski definition) is 7. The van der Waals surface area contributed by atoms with Gasteiger partial charge in [-0.2, -0.15) is 0 Å². The molecule has 0 bridgehead atoms. The lowest BCUT2D eigenvalue weighted by atomic mass is 10.1. The zero-order chi connectivity index (χ0) is 23.4. The fourth-order valence-electron chi connectivity index (χ4n) is 3.31. The van der Waals surface area contributed by atoms with E-state index in [1.54, 1.807) is 6.07 Å². The van der Waals surface area contributed by atoms with Crippen LogP contribution >= 0.6 is 11.8 Å². The Morgan fingerprint density at radius 2 is 2.00 bits per heavy atom. The second-order valence-electron chi connectivity index (χ2n) is 7.82. The summed E-state index contributed by atoms with van der Waals surface area (Å²) in [6.07, 6.45) is 1.92. The molecule has 1 fully saturated rings. The Morgan fingerprint density at radius 3 is 2.66 bits per heavy atom. The lowest BCUT2D eigenvalue weighted by molar-refractivity contribution is -0.119. The van der Waals surface area contributed by atoms with Crippen LogP contribution < -0.4 is 16.6 Å². The summed E-state index contributed by atoms with van der Waals surface area (Å²) >= 11 is 1.03. The van der Waals surface area contributed by atoms with Crippen LogP contribution in [0.3, 0.4) is 0 Å². The van der Waals surface area contributed by atoms with Crippen molar-refractivity contribution >= 4 is 28.4 Å². The zero-order valence-corrected chi connectivity index (χ0v) is 19.5. The Kier molecular flexibility index (Phi) is 7.57. The van der Waals surface area contributed by atoms with Crippen molar-refractivity contribution in [2.45, 2.75) is 32.8 Å². The first-order valence-corrected chi connectivity index (χ1v) is 11.3. The van der Waals surface area contributed by atoms with E-state index in [9.17, 15) is 19.5 Å². The van der Waals surface area contributed by atoms with Crippen LogP contribution in [0.25, 0.3) is 0 Å². The van der Waals surface area contributed by atoms with Gasteiger partial charge in [0.1, 0.15) is 10.6 Å². The molecule has 1 aromatic carbocycles. The van der Waals surface area contributed by atoms with Gasteiger partial charge in [-0.05, 0) is 49.9 Å². The van der Waals surface area contributed by atoms with Gasteiger partial charge in [-0.3, -0.25) is 18.7 Å². The predicted molar refractivity (Wildman–Crippen MR) is 125 cm³/mol. The number of aliphatic imine (C=N–C) groups is 1. The number of benzene rings is 1. The van der Waals surface area contributed by atoms with E-state index >= 15 is 0 Å². The average Bonchev–Trinajstić information content (AvgIpc) is 3.29. The first kappa shape index (κ1) is 23.8. The molecule has 0 unspecified atom stereocenters. The smallest absolute Gasteiger partial charge is 0.333 e. The highest BCUT2D eigenvalue weighted by molar-refractivity contribution is 8.15. The Labute approximate surface area is 190 Å². The number of aromatic nitrogens is 2. The lowest BCUT2D eigenvalue weighted by Gasteiger charge is -2.13. The predicted octanol–water partition coefficient (Wildman–Crippen LogP) is 1.51. The van der Waals surface area contributed by atoms with Crippen molar-refractivity contribution in [2.75, 3.05) is 18.9 Å². The molecule has 0 aliphatic carbocycles. The summed E-state index contributed by atoms with van der Waals surface area (Å²) in [7, 11) is 2.70. The highest BCUT2D eigenvalue weighted by Crippen LogP contribution is 2.24. The van der Waals surface area contributed by atoms with Crippen molar-refractivity contribution in [2.24, 2.45) is 19.1 Å². The number of hydrogen-bond donors (Lipinski definition) is 2. The molecule has 2 heterocycles. The maximum atomic E-state index is 12.8.